The Bertz CT molecular complexity index is 1260. The monoisotopic (exact) mass is 496 g/mol. The van der Waals surface area contributed by atoms with E-state index in [9.17, 15) is 14.0 Å². The van der Waals surface area contributed by atoms with Crippen LogP contribution in [0.15, 0.2) is 24.4 Å². The van der Waals surface area contributed by atoms with E-state index >= 15 is 8.78 Å². The number of imidazole rings is 1. The molecule has 0 radical (unpaired) electrons. The van der Waals surface area contributed by atoms with Crippen LogP contribution in [0, 0.1) is 17.5 Å². The van der Waals surface area contributed by atoms with Gasteiger partial charge in [-0.15, -0.1) is 0 Å². The van der Waals surface area contributed by atoms with E-state index in [1.165, 1.54) is 29.5 Å². The summed E-state index contributed by atoms with van der Waals surface area (Å²) < 4.78 is 56.3. The summed E-state index contributed by atoms with van der Waals surface area (Å²) in [6.07, 6.45) is -0.00635. The molecule has 1 aliphatic rings. The molecule has 3 aromatic rings. The third-order valence-corrected chi connectivity index (χ3v) is 5.81. The maximum absolute atomic E-state index is 15.1. The van der Waals surface area contributed by atoms with Crippen molar-refractivity contribution in [3.63, 3.8) is 0 Å². The average Bonchev–Trinajstić information content (AvgIpc) is 3.14. The predicted octanol–water partition coefficient (Wildman–Crippen LogP) is 3.44. The van der Waals surface area contributed by atoms with Crippen molar-refractivity contribution in [1.29, 1.82) is 0 Å². The molecule has 4 rings (SSSR count). The van der Waals surface area contributed by atoms with Crippen molar-refractivity contribution >= 4 is 29.2 Å². The number of fused-ring (bicyclic) bond motifs is 1. The lowest BCUT2D eigenvalue weighted by atomic mass is 10.0. The highest BCUT2D eigenvalue weighted by atomic mass is 35.5. The molecule has 180 valence electrons. The number of hydrogen-bond donors (Lipinski definition) is 1. The number of rotatable bonds is 4. The van der Waals surface area contributed by atoms with Gasteiger partial charge in [-0.3, -0.25) is 4.79 Å². The molecule has 1 N–H and O–H groups in total. The van der Waals surface area contributed by atoms with Gasteiger partial charge in [-0.05, 0) is 12.1 Å². The number of carbonyl (C=O) groups excluding carboxylic acids is 2. The quantitative estimate of drug-likeness (QED) is 0.598. The fraction of sp³-hybridized carbons (Fsp3) is 0.318. The first-order valence-corrected chi connectivity index (χ1v) is 10.6. The molecule has 3 heterocycles. The number of nitrogens with zero attached hydrogens (tertiary/aromatic N) is 3. The Labute approximate surface area is 197 Å². The van der Waals surface area contributed by atoms with Crippen LogP contribution in [0.5, 0.6) is 0 Å². The van der Waals surface area contributed by atoms with Crippen LogP contribution >= 0.6 is 11.6 Å². The number of carbonyl (C=O) groups is 2. The van der Waals surface area contributed by atoms with Crippen LogP contribution in [0.2, 0.25) is 5.02 Å². The summed E-state index contributed by atoms with van der Waals surface area (Å²) in [6, 6.07) is 3.03. The van der Waals surface area contributed by atoms with E-state index in [-0.39, 0.29) is 47.2 Å². The van der Waals surface area contributed by atoms with Crippen LogP contribution in [-0.2, 0) is 15.9 Å². The lowest BCUT2D eigenvalue weighted by Crippen LogP contribution is -2.46. The first-order valence-electron chi connectivity index (χ1n) is 10.3. The standard InChI is InChI=1S/C22H20ClF3N4O4/c1-27-21(31)11-5-14(24)19(15(25)6-11)20-17(30-10-16(26)13(23)8-18(30)28-20)7-12-9-29(3-4-34-12)22(32)33-2/h5-6,8,10,12H,3-4,7,9H2,1-2H3,(H,27,31)/t12-/m0/s1. The maximum atomic E-state index is 15.1. The van der Waals surface area contributed by atoms with E-state index in [4.69, 9.17) is 21.1 Å². The topological polar surface area (TPSA) is 85.2 Å². The SMILES string of the molecule is CNC(=O)c1cc(F)c(-c2nc3cc(Cl)c(F)cn3c2C[C@H]2CN(C(=O)OC)CCO2)c(F)c1. The normalized spacial score (nSPS) is 16.1. The van der Waals surface area contributed by atoms with E-state index in [1.54, 1.807) is 0 Å². The number of methoxy groups -OCH3 is 1. The van der Waals surface area contributed by atoms with Crippen LogP contribution in [-0.4, -0.2) is 66.2 Å². The van der Waals surface area contributed by atoms with Gasteiger partial charge in [0.25, 0.3) is 5.91 Å². The summed E-state index contributed by atoms with van der Waals surface area (Å²) in [5, 5.41) is 2.09. The highest BCUT2D eigenvalue weighted by Gasteiger charge is 2.29. The van der Waals surface area contributed by atoms with Gasteiger partial charge >= 0.3 is 6.09 Å². The van der Waals surface area contributed by atoms with Crippen molar-refractivity contribution < 1.29 is 32.2 Å². The van der Waals surface area contributed by atoms with Crippen LogP contribution in [0.3, 0.4) is 0 Å². The molecule has 0 bridgehead atoms. The van der Waals surface area contributed by atoms with E-state index in [0.717, 1.165) is 18.3 Å². The number of nitrogens with one attached hydrogen (secondary N) is 1. The molecule has 1 aromatic carbocycles. The maximum Gasteiger partial charge on any atom is 0.409 e. The van der Waals surface area contributed by atoms with Crippen molar-refractivity contribution in [2.24, 2.45) is 0 Å². The molecule has 0 spiro atoms. The number of morpholine rings is 1. The fourth-order valence-electron chi connectivity index (χ4n) is 3.91. The Morgan fingerprint density at radius 1 is 1.24 bits per heavy atom. The van der Waals surface area contributed by atoms with Crippen LogP contribution in [0.1, 0.15) is 16.1 Å². The Balaban J connectivity index is 1.83. The van der Waals surface area contributed by atoms with Crippen LogP contribution in [0.25, 0.3) is 16.9 Å². The zero-order valence-electron chi connectivity index (χ0n) is 18.2. The van der Waals surface area contributed by atoms with Crippen molar-refractivity contribution in [1.82, 2.24) is 19.6 Å². The summed E-state index contributed by atoms with van der Waals surface area (Å²) in [6.45, 7) is 0.684. The summed E-state index contributed by atoms with van der Waals surface area (Å²) in [7, 11) is 2.60. The third-order valence-electron chi connectivity index (χ3n) is 5.52. The first-order chi connectivity index (χ1) is 16.2. The second-order valence-electron chi connectivity index (χ2n) is 7.61. The van der Waals surface area contributed by atoms with Crippen molar-refractivity contribution in [3.05, 3.63) is 58.1 Å². The summed E-state index contributed by atoms with van der Waals surface area (Å²) in [5.41, 5.74) is -0.383. The minimum atomic E-state index is -1.02. The van der Waals surface area contributed by atoms with Gasteiger partial charge in [-0.25, -0.2) is 22.9 Å². The average molecular weight is 497 g/mol. The van der Waals surface area contributed by atoms with Crippen molar-refractivity contribution in [2.45, 2.75) is 12.5 Å². The molecule has 0 aliphatic carbocycles. The Morgan fingerprint density at radius 3 is 2.59 bits per heavy atom. The number of hydrogen-bond acceptors (Lipinski definition) is 5. The van der Waals surface area contributed by atoms with Gasteiger partial charge < -0.3 is 24.1 Å². The smallest absolute Gasteiger partial charge is 0.409 e. The Morgan fingerprint density at radius 2 is 1.94 bits per heavy atom. The van der Waals surface area contributed by atoms with Gasteiger partial charge in [0, 0.05) is 37.8 Å². The lowest BCUT2D eigenvalue weighted by Gasteiger charge is -2.32. The van der Waals surface area contributed by atoms with Gasteiger partial charge in [-0.2, -0.15) is 0 Å². The minimum absolute atomic E-state index is 0.0428. The molecule has 2 aromatic heterocycles. The highest BCUT2D eigenvalue weighted by molar-refractivity contribution is 6.31. The zero-order valence-corrected chi connectivity index (χ0v) is 19.0. The van der Waals surface area contributed by atoms with E-state index < -0.39 is 41.1 Å². The van der Waals surface area contributed by atoms with Gasteiger partial charge in [0.1, 0.15) is 17.3 Å². The first kappa shape index (κ1) is 23.8. The van der Waals surface area contributed by atoms with E-state index in [1.807, 2.05) is 0 Å². The van der Waals surface area contributed by atoms with Gasteiger partial charge in [0.2, 0.25) is 0 Å². The molecule has 0 saturated carbocycles. The number of ether oxygens (including phenoxy) is 2. The molecule has 12 heteroatoms. The largest absolute Gasteiger partial charge is 0.453 e. The third kappa shape index (κ3) is 4.40. The number of amides is 2. The molecule has 34 heavy (non-hydrogen) atoms. The molecule has 1 aliphatic heterocycles. The number of benzene rings is 1. The molecule has 8 nitrogen and oxygen atoms in total. The molecule has 0 unspecified atom stereocenters. The second kappa shape index (κ2) is 9.51. The number of halogens is 4. The van der Waals surface area contributed by atoms with Gasteiger partial charge in [0.15, 0.2) is 5.82 Å². The van der Waals surface area contributed by atoms with Gasteiger partial charge in [-0.1, -0.05) is 11.6 Å². The Hall–Kier alpha value is -3.31. The predicted molar refractivity (Wildman–Crippen MR) is 116 cm³/mol. The van der Waals surface area contributed by atoms with Gasteiger partial charge in [0.05, 0.1) is 48.3 Å². The Kier molecular flexibility index (Phi) is 6.67. The number of pyridine rings is 1. The minimum Gasteiger partial charge on any atom is -0.453 e. The van der Waals surface area contributed by atoms with E-state index in [0.29, 0.717) is 6.54 Å². The summed E-state index contributed by atoms with van der Waals surface area (Å²) in [4.78, 5) is 29.5. The summed E-state index contributed by atoms with van der Waals surface area (Å²) >= 11 is 5.89. The molecule has 1 fully saturated rings. The molecule has 2 amide bonds. The van der Waals surface area contributed by atoms with Crippen LogP contribution in [0.4, 0.5) is 18.0 Å². The van der Waals surface area contributed by atoms with Crippen molar-refractivity contribution in [3.8, 4) is 11.3 Å². The second-order valence-corrected chi connectivity index (χ2v) is 8.02. The molecule has 1 atom stereocenters. The molecular formula is C22H20ClF3N4O4. The molecular weight excluding hydrogens is 477 g/mol. The molecule has 1 saturated heterocycles. The summed E-state index contributed by atoms with van der Waals surface area (Å²) in [5.74, 6) is -3.45. The highest BCUT2D eigenvalue weighted by Crippen LogP contribution is 2.33. The lowest BCUT2D eigenvalue weighted by molar-refractivity contribution is -0.0241. The zero-order chi connectivity index (χ0) is 24.6. The van der Waals surface area contributed by atoms with Crippen molar-refractivity contribution in [2.75, 3.05) is 33.9 Å². The van der Waals surface area contributed by atoms with E-state index in [2.05, 4.69) is 10.3 Å². The van der Waals surface area contributed by atoms with Crippen LogP contribution < -0.4 is 5.32 Å². The number of aromatic nitrogens is 2. The fourth-order valence-corrected chi connectivity index (χ4v) is 4.06.